The van der Waals surface area contributed by atoms with E-state index in [-0.39, 0.29) is 50.4 Å². The molecule has 0 aliphatic heterocycles. The molecule has 4 aromatic carbocycles. The fraction of sp³-hybridized carbons (Fsp3) is 0.133. The monoisotopic (exact) mass is 596 g/mol. The Balaban J connectivity index is 1.83. The van der Waals surface area contributed by atoms with E-state index in [0.717, 1.165) is 10.6 Å². The predicted octanol–water partition coefficient (Wildman–Crippen LogP) is 5.95. The van der Waals surface area contributed by atoms with Crippen LogP contribution in [0.5, 0.6) is 11.5 Å². The first-order valence-electron chi connectivity index (χ1n) is 12.2. The van der Waals surface area contributed by atoms with Crippen LogP contribution in [0.25, 0.3) is 0 Å². The maximum Gasteiger partial charge on any atom is 0.257 e. The van der Waals surface area contributed by atoms with Crippen LogP contribution in [0.15, 0.2) is 84.9 Å². The summed E-state index contributed by atoms with van der Waals surface area (Å²) in [5, 5.41) is 2.98. The van der Waals surface area contributed by atoms with Gasteiger partial charge in [0.05, 0.1) is 44.0 Å². The Morgan fingerprint density at radius 3 is 2.15 bits per heavy atom. The Labute approximate surface area is 242 Å². The van der Waals surface area contributed by atoms with Gasteiger partial charge in [0.1, 0.15) is 5.82 Å². The second-order valence-electron chi connectivity index (χ2n) is 8.92. The molecule has 0 atom stereocenters. The maximum atomic E-state index is 14.6. The molecule has 1 N–H and O–H groups in total. The largest absolute Gasteiger partial charge is 0.493 e. The Kier molecular flexibility index (Phi) is 8.95. The van der Waals surface area contributed by atoms with Gasteiger partial charge in [0.15, 0.2) is 17.3 Å². The molecule has 0 aliphatic rings. The number of halogens is 2. The number of hydrogen-bond donors (Lipinski definition) is 1. The van der Waals surface area contributed by atoms with Crippen molar-refractivity contribution in [1.29, 1.82) is 0 Å². The average molecular weight is 597 g/mol. The molecule has 41 heavy (non-hydrogen) atoms. The number of hydrogen-bond acceptors (Lipinski definition) is 6. The Morgan fingerprint density at radius 1 is 0.878 bits per heavy atom. The molecule has 11 heteroatoms. The predicted molar refractivity (Wildman–Crippen MR) is 156 cm³/mol. The summed E-state index contributed by atoms with van der Waals surface area (Å²) >= 11 is 6.18. The highest BCUT2D eigenvalue weighted by atomic mass is 35.5. The highest BCUT2D eigenvalue weighted by Gasteiger charge is 2.28. The Morgan fingerprint density at radius 2 is 1.51 bits per heavy atom. The molecule has 8 nitrogen and oxygen atoms in total. The minimum Gasteiger partial charge on any atom is -0.493 e. The van der Waals surface area contributed by atoms with E-state index in [4.69, 9.17) is 21.1 Å². The number of rotatable bonds is 10. The molecule has 0 radical (unpaired) electrons. The third-order valence-electron chi connectivity index (χ3n) is 6.20. The van der Waals surface area contributed by atoms with E-state index in [2.05, 4.69) is 5.32 Å². The summed E-state index contributed by atoms with van der Waals surface area (Å²) in [6, 6.07) is 21.2. The van der Waals surface area contributed by atoms with Gasteiger partial charge in [0.2, 0.25) is 10.0 Å². The van der Waals surface area contributed by atoms with Crippen LogP contribution >= 0.6 is 11.6 Å². The fourth-order valence-corrected chi connectivity index (χ4v) is 5.22. The number of nitrogens with one attached hydrogen (secondary N) is 1. The quantitative estimate of drug-likeness (QED) is 0.227. The van der Waals surface area contributed by atoms with Crippen LogP contribution in [0.1, 0.15) is 31.8 Å². The number of ether oxygens (including phenoxy) is 2. The number of carbonyl (C=O) groups excluding carboxylic acids is 2. The zero-order chi connectivity index (χ0) is 29.7. The lowest BCUT2D eigenvalue weighted by Gasteiger charge is -2.26. The van der Waals surface area contributed by atoms with Crippen LogP contribution in [-0.2, 0) is 16.6 Å². The number of ketones is 1. The lowest BCUT2D eigenvalue weighted by atomic mass is 10.0. The molecular weight excluding hydrogens is 571 g/mol. The van der Waals surface area contributed by atoms with Gasteiger partial charge >= 0.3 is 0 Å². The third kappa shape index (κ3) is 6.67. The lowest BCUT2D eigenvalue weighted by molar-refractivity contribution is 0.102. The summed E-state index contributed by atoms with van der Waals surface area (Å²) in [5.41, 5.74) is 0.533. The van der Waals surface area contributed by atoms with Crippen molar-refractivity contribution >= 4 is 44.7 Å². The van der Waals surface area contributed by atoms with Crippen LogP contribution in [-0.4, -0.2) is 40.6 Å². The third-order valence-corrected chi connectivity index (χ3v) is 7.56. The molecule has 0 aliphatic carbocycles. The van der Waals surface area contributed by atoms with E-state index in [0.29, 0.717) is 5.56 Å². The number of benzene rings is 4. The number of amides is 1. The number of anilines is 2. The second-order valence-corrected chi connectivity index (χ2v) is 11.3. The fourth-order valence-electron chi connectivity index (χ4n) is 4.17. The van der Waals surface area contributed by atoms with Crippen molar-refractivity contribution in [3.05, 3.63) is 118 Å². The molecule has 0 spiro atoms. The van der Waals surface area contributed by atoms with E-state index in [9.17, 15) is 22.4 Å². The number of sulfonamides is 1. The van der Waals surface area contributed by atoms with Gasteiger partial charge in [0, 0.05) is 27.8 Å². The zero-order valence-corrected chi connectivity index (χ0v) is 23.9. The van der Waals surface area contributed by atoms with E-state index in [1.54, 1.807) is 36.4 Å². The summed E-state index contributed by atoms with van der Waals surface area (Å²) in [5.74, 6) is -1.45. The number of carbonyl (C=O) groups is 2. The molecule has 0 saturated heterocycles. The molecular formula is C30H26ClFN2O6S. The van der Waals surface area contributed by atoms with Gasteiger partial charge < -0.3 is 14.8 Å². The molecule has 0 unspecified atom stereocenters. The minimum atomic E-state index is -4.05. The van der Waals surface area contributed by atoms with Gasteiger partial charge in [-0.3, -0.25) is 13.9 Å². The molecule has 4 aromatic rings. The van der Waals surface area contributed by atoms with E-state index in [1.165, 1.54) is 62.8 Å². The summed E-state index contributed by atoms with van der Waals surface area (Å²) in [6.45, 7) is -0.403. The standard InChI is InChI=1S/C30H26ClFN2O6S/c1-39-27-16-23(26(17-28(27)40-2)34(41(3,37)38)18-20-11-7-8-12-24(20)32)30(36)33-25-14-13-21(31)15-22(25)29(35)19-9-5-4-6-10-19/h4-17H,18H2,1-3H3,(H,33,36). The number of methoxy groups -OCH3 is 2. The van der Waals surface area contributed by atoms with Crippen LogP contribution < -0.4 is 19.1 Å². The van der Waals surface area contributed by atoms with Crippen molar-refractivity contribution in [2.75, 3.05) is 30.1 Å². The van der Waals surface area contributed by atoms with Crippen molar-refractivity contribution in [3.63, 3.8) is 0 Å². The number of nitrogens with zero attached hydrogens (tertiary/aromatic N) is 1. The normalized spacial score (nSPS) is 11.0. The van der Waals surface area contributed by atoms with Crippen molar-refractivity contribution in [3.8, 4) is 11.5 Å². The molecule has 1 amide bonds. The molecule has 0 bridgehead atoms. The van der Waals surface area contributed by atoms with Gasteiger partial charge in [-0.2, -0.15) is 0 Å². The van der Waals surface area contributed by atoms with Crippen molar-refractivity contribution in [1.82, 2.24) is 0 Å². The highest BCUT2D eigenvalue weighted by Crippen LogP contribution is 2.38. The van der Waals surface area contributed by atoms with Crippen LogP contribution in [0, 0.1) is 5.82 Å². The van der Waals surface area contributed by atoms with Gasteiger partial charge in [-0.15, -0.1) is 0 Å². The van der Waals surface area contributed by atoms with E-state index < -0.39 is 28.3 Å². The highest BCUT2D eigenvalue weighted by molar-refractivity contribution is 7.92. The Bertz CT molecular complexity index is 1710. The van der Waals surface area contributed by atoms with Gasteiger partial charge in [0.25, 0.3) is 5.91 Å². The van der Waals surface area contributed by atoms with Crippen molar-refractivity contribution in [2.24, 2.45) is 0 Å². The van der Waals surface area contributed by atoms with E-state index >= 15 is 0 Å². The molecule has 212 valence electrons. The molecule has 0 fully saturated rings. The second kappa shape index (κ2) is 12.4. The first-order valence-corrected chi connectivity index (χ1v) is 14.4. The first kappa shape index (κ1) is 29.6. The maximum absolute atomic E-state index is 14.6. The van der Waals surface area contributed by atoms with Crippen molar-refractivity contribution in [2.45, 2.75) is 6.54 Å². The first-order chi connectivity index (χ1) is 19.5. The average Bonchev–Trinajstić information content (AvgIpc) is 2.96. The van der Waals surface area contributed by atoms with Crippen LogP contribution in [0.3, 0.4) is 0 Å². The molecule has 4 rings (SSSR count). The minimum absolute atomic E-state index is 0.0872. The Hall–Kier alpha value is -4.41. The van der Waals surface area contributed by atoms with Crippen LogP contribution in [0.4, 0.5) is 15.8 Å². The molecule has 0 heterocycles. The van der Waals surface area contributed by atoms with Crippen molar-refractivity contribution < 1.29 is 31.9 Å². The smallest absolute Gasteiger partial charge is 0.257 e. The van der Waals surface area contributed by atoms with Gasteiger partial charge in [-0.1, -0.05) is 60.1 Å². The zero-order valence-electron chi connectivity index (χ0n) is 22.4. The van der Waals surface area contributed by atoms with E-state index in [1.807, 2.05) is 0 Å². The molecule has 0 aromatic heterocycles. The summed E-state index contributed by atoms with van der Waals surface area (Å²) in [4.78, 5) is 27.1. The molecule has 0 saturated carbocycles. The van der Waals surface area contributed by atoms with Crippen LogP contribution in [0.2, 0.25) is 5.02 Å². The lowest BCUT2D eigenvalue weighted by Crippen LogP contribution is -2.32. The summed E-state index contributed by atoms with van der Waals surface area (Å²) in [7, 11) is -1.33. The summed E-state index contributed by atoms with van der Waals surface area (Å²) in [6.07, 6.45) is 0.946. The summed E-state index contributed by atoms with van der Waals surface area (Å²) < 4.78 is 52.2. The van der Waals surface area contributed by atoms with Gasteiger partial charge in [-0.25, -0.2) is 12.8 Å². The SMILES string of the molecule is COc1cc(C(=O)Nc2ccc(Cl)cc2C(=O)c2ccccc2)c(N(Cc2ccccc2F)S(C)(=O)=O)cc1OC. The van der Waals surface area contributed by atoms with Gasteiger partial charge in [-0.05, 0) is 30.3 Å². The topological polar surface area (TPSA) is 102 Å².